The van der Waals surface area contributed by atoms with Crippen molar-refractivity contribution in [3.63, 3.8) is 0 Å². The number of carbonyl (C=O) groups is 2. The molecule has 0 saturated carbocycles. The van der Waals surface area contributed by atoms with Gasteiger partial charge >= 0.3 is 0 Å². The second-order valence-electron chi connectivity index (χ2n) is 6.99. The number of benzene rings is 2. The lowest BCUT2D eigenvalue weighted by Gasteiger charge is -2.18. The van der Waals surface area contributed by atoms with Crippen LogP contribution in [0.4, 0.5) is 5.69 Å². The monoisotopic (exact) mass is 431 g/mol. The van der Waals surface area contributed by atoms with Gasteiger partial charge in [0.25, 0.3) is 5.91 Å². The van der Waals surface area contributed by atoms with Crippen molar-refractivity contribution >= 4 is 39.7 Å². The zero-order valence-electron chi connectivity index (χ0n) is 17.2. The number of hydrogen-bond acceptors (Lipinski definition) is 5. The molecule has 0 fully saturated rings. The third-order valence-electron chi connectivity index (χ3n) is 4.82. The number of carbonyl (C=O) groups excluding carboxylic acids is 2. The Morgan fingerprint density at radius 1 is 1.06 bits per heavy atom. The van der Waals surface area contributed by atoms with Gasteiger partial charge in [0.05, 0.1) is 35.3 Å². The van der Waals surface area contributed by atoms with Gasteiger partial charge in [-0.25, -0.2) is 4.98 Å². The summed E-state index contributed by atoms with van der Waals surface area (Å²) in [6.45, 7) is -0.0736. The SMILES string of the molecule is COc1ccc(NC(=O)CN(C)C(=O)c2cc(-c3cccs3)nc3ccccc23)cc1. The number of rotatable bonds is 6. The zero-order valence-corrected chi connectivity index (χ0v) is 18.0. The molecule has 1 N–H and O–H groups in total. The van der Waals surface area contributed by atoms with Crippen LogP contribution in [0.1, 0.15) is 10.4 Å². The molecule has 2 aromatic carbocycles. The van der Waals surface area contributed by atoms with E-state index in [4.69, 9.17) is 9.72 Å². The highest BCUT2D eigenvalue weighted by atomic mass is 32.1. The topological polar surface area (TPSA) is 71.5 Å². The molecule has 7 heteroatoms. The first-order chi connectivity index (χ1) is 15.0. The van der Waals surface area contributed by atoms with E-state index < -0.39 is 0 Å². The van der Waals surface area contributed by atoms with E-state index in [1.54, 1.807) is 55.8 Å². The van der Waals surface area contributed by atoms with Crippen molar-refractivity contribution in [1.82, 2.24) is 9.88 Å². The van der Waals surface area contributed by atoms with Gasteiger partial charge in [-0.05, 0) is 47.8 Å². The normalized spacial score (nSPS) is 10.6. The zero-order chi connectivity index (χ0) is 21.8. The lowest BCUT2D eigenvalue weighted by Crippen LogP contribution is -2.35. The molecule has 4 rings (SSSR count). The molecule has 4 aromatic rings. The Kier molecular flexibility index (Phi) is 5.95. The highest BCUT2D eigenvalue weighted by Gasteiger charge is 2.19. The molecule has 0 spiro atoms. The third kappa shape index (κ3) is 4.57. The fourth-order valence-corrected chi connectivity index (χ4v) is 3.96. The summed E-state index contributed by atoms with van der Waals surface area (Å²) in [5.74, 6) is 0.190. The van der Waals surface area contributed by atoms with Gasteiger partial charge in [-0.1, -0.05) is 24.3 Å². The molecule has 156 valence electrons. The number of para-hydroxylation sites is 1. The summed E-state index contributed by atoms with van der Waals surface area (Å²) in [4.78, 5) is 32.8. The van der Waals surface area contributed by atoms with Crippen LogP contribution in [0.5, 0.6) is 5.75 Å². The van der Waals surface area contributed by atoms with Gasteiger partial charge in [-0.2, -0.15) is 0 Å². The summed E-state index contributed by atoms with van der Waals surface area (Å²) in [5.41, 5.74) is 2.65. The van der Waals surface area contributed by atoms with Crippen molar-refractivity contribution in [2.45, 2.75) is 0 Å². The first-order valence-corrected chi connectivity index (χ1v) is 10.6. The summed E-state index contributed by atoms with van der Waals surface area (Å²) >= 11 is 1.57. The summed E-state index contributed by atoms with van der Waals surface area (Å²) < 4.78 is 5.12. The maximum absolute atomic E-state index is 13.3. The molecule has 2 amide bonds. The largest absolute Gasteiger partial charge is 0.497 e. The molecule has 0 atom stereocenters. The molecule has 0 saturated heterocycles. The third-order valence-corrected chi connectivity index (χ3v) is 5.71. The smallest absolute Gasteiger partial charge is 0.254 e. The van der Waals surface area contributed by atoms with E-state index in [1.807, 2.05) is 41.8 Å². The lowest BCUT2D eigenvalue weighted by atomic mass is 10.1. The van der Waals surface area contributed by atoms with Gasteiger partial charge in [0, 0.05) is 18.1 Å². The molecule has 0 unspecified atom stereocenters. The number of anilines is 1. The minimum absolute atomic E-state index is 0.0736. The highest BCUT2D eigenvalue weighted by Crippen LogP contribution is 2.28. The molecule has 0 aliphatic carbocycles. The van der Waals surface area contributed by atoms with Crippen LogP contribution in [-0.2, 0) is 4.79 Å². The Morgan fingerprint density at radius 3 is 2.55 bits per heavy atom. The number of nitrogens with zero attached hydrogens (tertiary/aromatic N) is 2. The molecule has 0 bridgehead atoms. The average Bonchev–Trinajstić information content (AvgIpc) is 3.33. The van der Waals surface area contributed by atoms with Gasteiger partial charge in [-0.3, -0.25) is 9.59 Å². The molecule has 6 nitrogen and oxygen atoms in total. The molecule has 0 aliphatic rings. The average molecular weight is 432 g/mol. The predicted octanol–water partition coefficient (Wildman–Crippen LogP) is 4.68. The Labute approximate surface area is 184 Å². The van der Waals surface area contributed by atoms with E-state index in [2.05, 4.69) is 5.32 Å². The molecular formula is C24H21N3O3S. The Hall–Kier alpha value is -3.71. The number of fused-ring (bicyclic) bond motifs is 1. The predicted molar refractivity (Wildman–Crippen MR) is 124 cm³/mol. The van der Waals surface area contributed by atoms with Gasteiger partial charge in [0.15, 0.2) is 0 Å². The van der Waals surface area contributed by atoms with Crippen molar-refractivity contribution in [3.05, 3.63) is 77.7 Å². The molecule has 0 aliphatic heterocycles. The maximum Gasteiger partial charge on any atom is 0.254 e. The fraction of sp³-hybridized carbons (Fsp3) is 0.125. The van der Waals surface area contributed by atoms with Crippen LogP contribution < -0.4 is 10.1 Å². The number of nitrogens with one attached hydrogen (secondary N) is 1. The quantitative estimate of drug-likeness (QED) is 0.481. The van der Waals surface area contributed by atoms with Gasteiger partial charge < -0.3 is 15.0 Å². The number of methoxy groups -OCH3 is 1. The lowest BCUT2D eigenvalue weighted by molar-refractivity contribution is -0.116. The summed E-state index contributed by atoms with van der Waals surface area (Å²) in [7, 11) is 3.21. The fourth-order valence-electron chi connectivity index (χ4n) is 3.27. The number of ether oxygens (including phenoxy) is 1. The summed E-state index contributed by atoms with van der Waals surface area (Å²) in [6.07, 6.45) is 0. The summed E-state index contributed by atoms with van der Waals surface area (Å²) in [5, 5.41) is 5.54. The number of pyridine rings is 1. The van der Waals surface area contributed by atoms with Crippen molar-refractivity contribution < 1.29 is 14.3 Å². The molecule has 2 aromatic heterocycles. The van der Waals surface area contributed by atoms with Crippen LogP contribution in [0.25, 0.3) is 21.5 Å². The minimum atomic E-state index is -0.280. The van der Waals surface area contributed by atoms with E-state index in [1.165, 1.54) is 4.90 Å². The van der Waals surface area contributed by atoms with Crippen molar-refractivity contribution in [2.24, 2.45) is 0 Å². The number of amides is 2. The number of likely N-dealkylation sites (N-methyl/N-ethyl adjacent to an activating group) is 1. The minimum Gasteiger partial charge on any atom is -0.497 e. The number of aromatic nitrogens is 1. The van der Waals surface area contributed by atoms with Crippen molar-refractivity contribution in [2.75, 3.05) is 26.0 Å². The van der Waals surface area contributed by atoms with Crippen LogP contribution in [0.15, 0.2) is 72.1 Å². The van der Waals surface area contributed by atoms with Crippen molar-refractivity contribution in [3.8, 4) is 16.3 Å². The van der Waals surface area contributed by atoms with Crippen LogP contribution in [0, 0.1) is 0 Å². The standard InChI is InChI=1S/C24H21N3O3S/c1-27(15-23(28)25-16-9-11-17(30-2)12-10-16)24(29)19-14-21(22-8-5-13-31-22)26-20-7-4-3-6-18(19)20/h3-14H,15H2,1-2H3,(H,25,28). The van der Waals surface area contributed by atoms with Crippen LogP contribution in [-0.4, -0.2) is 42.4 Å². The van der Waals surface area contributed by atoms with Gasteiger partial charge in [-0.15, -0.1) is 11.3 Å². The highest BCUT2D eigenvalue weighted by molar-refractivity contribution is 7.13. The van der Waals surface area contributed by atoms with Gasteiger partial charge in [0.2, 0.25) is 5.91 Å². The number of thiophene rings is 1. The van der Waals surface area contributed by atoms with E-state index in [0.717, 1.165) is 21.5 Å². The molecule has 31 heavy (non-hydrogen) atoms. The first-order valence-electron chi connectivity index (χ1n) is 9.68. The maximum atomic E-state index is 13.3. The van der Waals surface area contributed by atoms with E-state index in [9.17, 15) is 9.59 Å². The Balaban J connectivity index is 1.55. The van der Waals surface area contributed by atoms with Crippen LogP contribution in [0.3, 0.4) is 0 Å². The van der Waals surface area contributed by atoms with Gasteiger partial charge in [0.1, 0.15) is 5.75 Å². The second-order valence-corrected chi connectivity index (χ2v) is 7.94. The van der Waals surface area contributed by atoms with E-state index in [-0.39, 0.29) is 18.4 Å². The summed E-state index contributed by atoms with van der Waals surface area (Å²) in [6, 6.07) is 20.3. The van der Waals surface area contributed by atoms with E-state index in [0.29, 0.717) is 17.0 Å². The number of hydrogen-bond donors (Lipinski definition) is 1. The Morgan fingerprint density at radius 2 is 1.84 bits per heavy atom. The Bertz CT molecular complexity index is 1220. The second kappa shape index (κ2) is 8.97. The van der Waals surface area contributed by atoms with Crippen molar-refractivity contribution in [1.29, 1.82) is 0 Å². The molecular weight excluding hydrogens is 410 g/mol. The molecule has 0 radical (unpaired) electrons. The molecule has 2 heterocycles. The van der Waals surface area contributed by atoms with Crippen LogP contribution >= 0.6 is 11.3 Å². The van der Waals surface area contributed by atoms with Crippen LogP contribution in [0.2, 0.25) is 0 Å². The first kappa shape index (κ1) is 20.6. The van der Waals surface area contributed by atoms with E-state index >= 15 is 0 Å².